The quantitative estimate of drug-likeness (QED) is 0.772. The Hall–Kier alpha value is -1.87. The van der Waals surface area contributed by atoms with Gasteiger partial charge < -0.3 is 4.74 Å². The molecule has 0 spiro atoms. The number of benzene rings is 1. The number of Topliss-reactive ketones (excluding diaryl/α,β-unsaturated/α-hetero) is 1. The molecule has 0 radical (unpaired) electrons. The van der Waals surface area contributed by atoms with Gasteiger partial charge in [-0.05, 0) is 48.1 Å². The molecule has 1 aliphatic rings. The minimum Gasteiger partial charge on any atom is -0.497 e. The Labute approximate surface area is 116 Å². The number of ketones is 1. The Balaban J connectivity index is 1.90. The molecule has 1 aromatic heterocycles. The summed E-state index contributed by atoms with van der Waals surface area (Å²) in [5, 5.41) is 2.00. The van der Waals surface area contributed by atoms with Crippen LogP contribution in [-0.2, 0) is 6.42 Å². The van der Waals surface area contributed by atoms with Crippen molar-refractivity contribution in [2.24, 2.45) is 0 Å². The highest BCUT2D eigenvalue weighted by molar-refractivity contribution is 7.10. The van der Waals surface area contributed by atoms with Crippen molar-refractivity contribution in [3.63, 3.8) is 0 Å². The summed E-state index contributed by atoms with van der Waals surface area (Å²) >= 11 is 1.68. The normalized spacial score (nSPS) is 16.5. The van der Waals surface area contributed by atoms with Crippen LogP contribution in [0.5, 0.6) is 5.75 Å². The van der Waals surface area contributed by atoms with Gasteiger partial charge in [0.15, 0.2) is 5.78 Å². The standard InChI is InChI=1S/C16H14O2S/c1-18-13-5-2-11(3-6-13)10-12-4-7-15-14(16(12)17)8-9-19-15/h2-3,5-6,8-10H,4,7H2,1H3/b12-10+. The van der Waals surface area contributed by atoms with Gasteiger partial charge in [0, 0.05) is 16.0 Å². The Morgan fingerprint density at radius 3 is 2.68 bits per heavy atom. The molecule has 0 saturated heterocycles. The SMILES string of the molecule is COc1ccc(/C=C2\CCc3sccc3C2=O)cc1. The van der Waals surface area contributed by atoms with Crippen molar-refractivity contribution in [1.82, 2.24) is 0 Å². The second-order valence-electron chi connectivity index (χ2n) is 4.53. The number of ether oxygens (including phenoxy) is 1. The zero-order valence-corrected chi connectivity index (χ0v) is 11.5. The molecule has 0 N–H and O–H groups in total. The molecule has 0 bridgehead atoms. The van der Waals surface area contributed by atoms with Gasteiger partial charge in [0.05, 0.1) is 7.11 Å². The van der Waals surface area contributed by atoms with Gasteiger partial charge in [0.2, 0.25) is 0 Å². The molecule has 1 heterocycles. The largest absolute Gasteiger partial charge is 0.497 e. The minimum atomic E-state index is 0.179. The number of carbonyl (C=O) groups excluding carboxylic acids is 1. The summed E-state index contributed by atoms with van der Waals surface area (Å²) in [5.74, 6) is 1.01. The lowest BCUT2D eigenvalue weighted by molar-refractivity contribution is 0.102. The van der Waals surface area contributed by atoms with Gasteiger partial charge in [0.1, 0.15) is 5.75 Å². The van der Waals surface area contributed by atoms with Gasteiger partial charge in [-0.15, -0.1) is 11.3 Å². The molecular weight excluding hydrogens is 256 g/mol. The first-order valence-corrected chi connectivity index (χ1v) is 7.11. The van der Waals surface area contributed by atoms with E-state index in [0.717, 1.165) is 35.3 Å². The van der Waals surface area contributed by atoms with Crippen LogP contribution in [0.3, 0.4) is 0 Å². The minimum absolute atomic E-state index is 0.179. The molecule has 0 fully saturated rings. The van der Waals surface area contributed by atoms with Crippen molar-refractivity contribution in [2.75, 3.05) is 7.11 Å². The van der Waals surface area contributed by atoms with E-state index in [0.29, 0.717) is 0 Å². The fourth-order valence-corrected chi connectivity index (χ4v) is 3.19. The number of thiophene rings is 1. The van der Waals surface area contributed by atoms with Crippen molar-refractivity contribution < 1.29 is 9.53 Å². The van der Waals surface area contributed by atoms with E-state index in [1.807, 2.05) is 41.8 Å². The molecule has 1 aromatic carbocycles. The summed E-state index contributed by atoms with van der Waals surface area (Å²) < 4.78 is 5.13. The summed E-state index contributed by atoms with van der Waals surface area (Å²) in [6.07, 6.45) is 3.79. The average molecular weight is 270 g/mol. The van der Waals surface area contributed by atoms with Gasteiger partial charge in [-0.2, -0.15) is 0 Å². The van der Waals surface area contributed by atoms with Gasteiger partial charge >= 0.3 is 0 Å². The monoisotopic (exact) mass is 270 g/mol. The predicted octanol–water partition coefficient (Wildman–Crippen LogP) is 3.97. The Kier molecular flexibility index (Phi) is 3.22. The van der Waals surface area contributed by atoms with Crippen molar-refractivity contribution >= 4 is 23.2 Å². The average Bonchev–Trinajstić information content (AvgIpc) is 2.92. The maximum atomic E-state index is 12.3. The molecule has 2 nitrogen and oxygen atoms in total. The van der Waals surface area contributed by atoms with Crippen LogP contribution in [0.4, 0.5) is 0 Å². The topological polar surface area (TPSA) is 26.3 Å². The van der Waals surface area contributed by atoms with E-state index in [1.165, 1.54) is 4.88 Å². The van der Waals surface area contributed by atoms with E-state index in [-0.39, 0.29) is 5.78 Å². The van der Waals surface area contributed by atoms with Crippen LogP contribution in [0.15, 0.2) is 41.3 Å². The van der Waals surface area contributed by atoms with Crippen molar-refractivity contribution in [2.45, 2.75) is 12.8 Å². The molecule has 19 heavy (non-hydrogen) atoms. The number of methoxy groups -OCH3 is 1. The smallest absolute Gasteiger partial charge is 0.190 e. The molecule has 0 atom stereocenters. The third-order valence-corrected chi connectivity index (χ3v) is 4.34. The van der Waals surface area contributed by atoms with Crippen LogP contribution in [0, 0.1) is 0 Å². The van der Waals surface area contributed by atoms with E-state index < -0.39 is 0 Å². The number of hydrogen-bond donors (Lipinski definition) is 0. The van der Waals surface area contributed by atoms with Crippen molar-refractivity contribution in [3.8, 4) is 5.75 Å². The summed E-state index contributed by atoms with van der Waals surface area (Å²) in [4.78, 5) is 13.5. The van der Waals surface area contributed by atoms with Gasteiger partial charge in [-0.25, -0.2) is 0 Å². The zero-order chi connectivity index (χ0) is 13.2. The Morgan fingerprint density at radius 2 is 1.95 bits per heavy atom. The highest BCUT2D eigenvalue weighted by atomic mass is 32.1. The second kappa shape index (κ2) is 5.02. The van der Waals surface area contributed by atoms with Gasteiger partial charge in [0.25, 0.3) is 0 Å². The van der Waals surface area contributed by atoms with E-state index >= 15 is 0 Å². The van der Waals surface area contributed by atoms with Gasteiger partial charge in [-0.1, -0.05) is 12.1 Å². The van der Waals surface area contributed by atoms with Gasteiger partial charge in [-0.3, -0.25) is 4.79 Å². The first-order chi connectivity index (χ1) is 9.28. The fraction of sp³-hybridized carbons (Fsp3) is 0.188. The number of rotatable bonds is 2. The number of aryl methyl sites for hydroxylation is 1. The predicted molar refractivity (Wildman–Crippen MR) is 77.9 cm³/mol. The maximum Gasteiger partial charge on any atom is 0.190 e. The molecule has 1 aliphatic carbocycles. The lowest BCUT2D eigenvalue weighted by Gasteiger charge is -2.13. The lowest BCUT2D eigenvalue weighted by Crippen LogP contribution is -2.11. The van der Waals surface area contributed by atoms with E-state index in [4.69, 9.17) is 4.74 Å². The van der Waals surface area contributed by atoms with Crippen LogP contribution in [-0.4, -0.2) is 12.9 Å². The Bertz CT molecular complexity index is 635. The molecule has 0 unspecified atom stereocenters. The third kappa shape index (κ3) is 2.34. The number of allylic oxidation sites excluding steroid dienone is 1. The van der Waals surface area contributed by atoms with E-state index in [1.54, 1.807) is 18.4 Å². The van der Waals surface area contributed by atoms with Crippen molar-refractivity contribution in [1.29, 1.82) is 0 Å². The zero-order valence-electron chi connectivity index (χ0n) is 10.7. The third-order valence-electron chi connectivity index (χ3n) is 3.36. The number of hydrogen-bond acceptors (Lipinski definition) is 3. The Morgan fingerprint density at radius 1 is 1.16 bits per heavy atom. The van der Waals surface area contributed by atoms with Crippen LogP contribution in [0.25, 0.3) is 6.08 Å². The number of carbonyl (C=O) groups is 1. The molecule has 0 saturated carbocycles. The van der Waals surface area contributed by atoms with E-state index in [9.17, 15) is 4.79 Å². The highest BCUT2D eigenvalue weighted by Gasteiger charge is 2.22. The van der Waals surface area contributed by atoms with Crippen molar-refractivity contribution in [3.05, 3.63) is 57.3 Å². The van der Waals surface area contributed by atoms with Crippen LogP contribution in [0.2, 0.25) is 0 Å². The van der Waals surface area contributed by atoms with E-state index in [2.05, 4.69) is 0 Å². The maximum absolute atomic E-state index is 12.3. The molecule has 3 rings (SSSR count). The highest BCUT2D eigenvalue weighted by Crippen LogP contribution is 2.30. The summed E-state index contributed by atoms with van der Waals surface area (Å²) in [7, 11) is 1.65. The first kappa shape index (κ1) is 12.2. The first-order valence-electron chi connectivity index (χ1n) is 6.23. The lowest BCUT2D eigenvalue weighted by atomic mass is 9.91. The molecule has 3 heteroatoms. The molecule has 0 amide bonds. The molecule has 2 aromatic rings. The second-order valence-corrected chi connectivity index (χ2v) is 5.53. The summed E-state index contributed by atoms with van der Waals surface area (Å²) in [6, 6.07) is 9.71. The van der Waals surface area contributed by atoms with Crippen LogP contribution < -0.4 is 4.74 Å². The molecule has 96 valence electrons. The van der Waals surface area contributed by atoms with Crippen LogP contribution in [0.1, 0.15) is 27.2 Å². The summed E-state index contributed by atoms with van der Waals surface area (Å²) in [5.41, 5.74) is 2.83. The summed E-state index contributed by atoms with van der Waals surface area (Å²) in [6.45, 7) is 0. The molecule has 0 aliphatic heterocycles. The number of fused-ring (bicyclic) bond motifs is 1. The molecular formula is C16H14O2S. The van der Waals surface area contributed by atoms with Crippen LogP contribution >= 0.6 is 11.3 Å². The fourth-order valence-electron chi connectivity index (χ4n) is 2.31.